The predicted molar refractivity (Wildman–Crippen MR) is 68.6 cm³/mol. The summed E-state index contributed by atoms with van der Waals surface area (Å²) in [4.78, 5) is 11.6. The van der Waals surface area contributed by atoms with Gasteiger partial charge in [0.1, 0.15) is 0 Å². The van der Waals surface area contributed by atoms with Gasteiger partial charge in [0.15, 0.2) is 5.69 Å². The van der Waals surface area contributed by atoms with Gasteiger partial charge < -0.3 is 5.32 Å². The fourth-order valence-electron chi connectivity index (χ4n) is 1.69. The molecule has 2 aromatic rings. The number of hydrogen-bond donors (Lipinski definition) is 1. The summed E-state index contributed by atoms with van der Waals surface area (Å²) in [6.45, 7) is 5.41. The fraction of sp³-hybridized carbons (Fsp3) is 0.455. The van der Waals surface area contributed by atoms with Gasteiger partial charge in [0.2, 0.25) is 0 Å². The van der Waals surface area contributed by atoms with E-state index in [4.69, 9.17) is 0 Å². The molecule has 0 bridgehead atoms. The quantitative estimate of drug-likeness (QED) is 0.824. The average Bonchev–Trinajstić information content (AvgIpc) is 2.94. The molecule has 7 heteroatoms. The van der Waals surface area contributed by atoms with Crippen LogP contribution in [-0.2, 0) is 6.54 Å². The number of hydrogen-bond acceptors (Lipinski definition) is 5. The molecule has 96 valence electrons. The first-order valence-corrected chi connectivity index (χ1v) is 6.57. The van der Waals surface area contributed by atoms with Crippen molar-refractivity contribution in [3.8, 4) is 0 Å². The van der Waals surface area contributed by atoms with Crippen molar-refractivity contribution in [2.45, 2.75) is 26.8 Å². The molecule has 1 N–H and O–H groups in total. The predicted octanol–water partition coefficient (Wildman–Crippen LogP) is 1.17. The molecular formula is C11H15N5OS. The number of aromatic nitrogens is 4. The normalized spacial score (nSPS) is 10.6. The number of carbonyl (C=O) groups excluding carboxylic acids is 1. The van der Waals surface area contributed by atoms with E-state index in [9.17, 15) is 4.79 Å². The lowest BCUT2D eigenvalue weighted by Crippen LogP contribution is -2.25. The number of carbonyl (C=O) groups is 1. The zero-order valence-corrected chi connectivity index (χ0v) is 11.2. The van der Waals surface area contributed by atoms with Crippen molar-refractivity contribution in [3.63, 3.8) is 0 Å². The standard InChI is InChI=1S/C11H15N5OS/c1-8-6-9(2)16(14-8)5-3-4-12-11(17)10-7-18-15-13-10/h6-7H,3-5H2,1-2H3,(H,12,17). The molecule has 18 heavy (non-hydrogen) atoms. The minimum absolute atomic E-state index is 0.169. The van der Waals surface area contributed by atoms with Crippen molar-refractivity contribution >= 4 is 17.4 Å². The second-order valence-corrected chi connectivity index (χ2v) is 4.66. The third kappa shape index (κ3) is 3.13. The zero-order valence-electron chi connectivity index (χ0n) is 10.4. The van der Waals surface area contributed by atoms with Gasteiger partial charge in [0.25, 0.3) is 5.91 Å². The lowest BCUT2D eigenvalue weighted by atomic mass is 10.3. The van der Waals surface area contributed by atoms with E-state index < -0.39 is 0 Å². The third-order valence-corrected chi connectivity index (χ3v) is 3.03. The first-order chi connectivity index (χ1) is 8.66. The van der Waals surface area contributed by atoms with Crippen LogP contribution in [0.15, 0.2) is 11.4 Å². The summed E-state index contributed by atoms with van der Waals surface area (Å²) in [7, 11) is 0. The monoisotopic (exact) mass is 265 g/mol. The van der Waals surface area contributed by atoms with E-state index in [1.54, 1.807) is 5.38 Å². The van der Waals surface area contributed by atoms with Crippen LogP contribution >= 0.6 is 11.5 Å². The van der Waals surface area contributed by atoms with Crippen LogP contribution in [-0.4, -0.2) is 31.8 Å². The van der Waals surface area contributed by atoms with Crippen molar-refractivity contribution in [1.82, 2.24) is 24.7 Å². The molecule has 2 rings (SSSR count). The second kappa shape index (κ2) is 5.72. The van der Waals surface area contributed by atoms with Crippen molar-refractivity contribution in [3.05, 3.63) is 28.5 Å². The minimum Gasteiger partial charge on any atom is -0.351 e. The molecule has 6 nitrogen and oxygen atoms in total. The van der Waals surface area contributed by atoms with Crippen LogP contribution in [0.4, 0.5) is 0 Å². The van der Waals surface area contributed by atoms with Gasteiger partial charge in [-0.3, -0.25) is 9.48 Å². The molecular weight excluding hydrogens is 250 g/mol. The lowest BCUT2D eigenvalue weighted by molar-refractivity contribution is 0.0947. The van der Waals surface area contributed by atoms with Crippen molar-refractivity contribution in [2.75, 3.05) is 6.54 Å². The number of nitrogens with zero attached hydrogens (tertiary/aromatic N) is 4. The van der Waals surface area contributed by atoms with Gasteiger partial charge in [-0.25, -0.2) is 0 Å². The molecule has 0 fully saturated rings. The molecule has 0 atom stereocenters. The molecule has 1 amide bonds. The Labute approximate surface area is 109 Å². The maximum Gasteiger partial charge on any atom is 0.272 e. The molecule has 0 spiro atoms. The smallest absolute Gasteiger partial charge is 0.272 e. The van der Waals surface area contributed by atoms with Crippen LogP contribution in [0.2, 0.25) is 0 Å². The molecule has 0 unspecified atom stereocenters. The van der Waals surface area contributed by atoms with Gasteiger partial charge in [-0.15, -0.1) is 5.10 Å². The first kappa shape index (κ1) is 12.7. The molecule has 0 saturated carbocycles. The molecule has 0 saturated heterocycles. The Morgan fingerprint density at radius 1 is 1.50 bits per heavy atom. The lowest BCUT2D eigenvalue weighted by Gasteiger charge is -2.05. The van der Waals surface area contributed by atoms with Gasteiger partial charge in [-0.1, -0.05) is 4.49 Å². The maximum absolute atomic E-state index is 11.6. The maximum atomic E-state index is 11.6. The average molecular weight is 265 g/mol. The fourth-order valence-corrected chi connectivity index (χ4v) is 2.12. The summed E-state index contributed by atoms with van der Waals surface area (Å²) in [5.74, 6) is -0.169. The van der Waals surface area contributed by atoms with Crippen molar-refractivity contribution in [2.24, 2.45) is 0 Å². The van der Waals surface area contributed by atoms with E-state index in [2.05, 4.69) is 20.0 Å². The summed E-state index contributed by atoms with van der Waals surface area (Å²) < 4.78 is 5.60. The van der Waals surface area contributed by atoms with Crippen molar-refractivity contribution < 1.29 is 4.79 Å². The van der Waals surface area contributed by atoms with Crippen LogP contribution < -0.4 is 5.32 Å². The van der Waals surface area contributed by atoms with E-state index in [1.807, 2.05) is 24.6 Å². The molecule has 2 aromatic heterocycles. The van der Waals surface area contributed by atoms with E-state index in [1.165, 1.54) is 11.5 Å². The van der Waals surface area contributed by atoms with Crippen LogP contribution in [0.25, 0.3) is 0 Å². The largest absolute Gasteiger partial charge is 0.351 e. The van der Waals surface area contributed by atoms with Gasteiger partial charge in [0, 0.05) is 24.2 Å². The van der Waals surface area contributed by atoms with Gasteiger partial charge in [-0.2, -0.15) is 5.10 Å². The van der Waals surface area contributed by atoms with Gasteiger partial charge in [0.05, 0.1) is 5.69 Å². The first-order valence-electron chi connectivity index (χ1n) is 5.73. The molecule has 0 aliphatic rings. The Balaban J connectivity index is 1.73. The summed E-state index contributed by atoms with van der Waals surface area (Å²) in [5, 5.41) is 12.5. The molecule has 0 aliphatic carbocycles. The van der Waals surface area contributed by atoms with E-state index in [-0.39, 0.29) is 5.91 Å². The highest BCUT2D eigenvalue weighted by Crippen LogP contribution is 2.02. The molecule has 0 aromatic carbocycles. The molecule has 0 radical (unpaired) electrons. The zero-order chi connectivity index (χ0) is 13.0. The van der Waals surface area contributed by atoms with Crippen LogP contribution in [0.5, 0.6) is 0 Å². The molecule has 0 aliphatic heterocycles. The number of amides is 1. The molecule has 2 heterocycles. The number of nitrogens with one attached hydrogen (secondary N) is 1. The highest BCUT2D eigenvalue weighted by Gasteiger charge is 2.07. The van der Waals surface area contributed by atoms with E-state index in [0.717, 1.165) is 24.4 Å². The van der Waals surface area contributed by atoms with Gasteiger partial charge >= 0.3 is 0 Å². The van der Waals surface area contributed by atoms with Crippen LogP contribution in [0, 0.1) is 13.8 Å². The Bertz CT molecular complexity index is 520. The topological polar surface area (TPSA) is 72.7 Å². The van der Waals surface area contributed by atoms with Gasteiger partial charge in [-0.05, 0) is 37.9 Å². The highest BCUT2D eigenvalue weighted by atomic mass is 32.1. The summed E-state index contributed by atoms with van der Waals surface area (Å²) >= 11 is 1.17. The van der Waals surface area contributed by atoms with E-state index >= 15 is 0 Å². The van der Waals surface area contributed by atoms with E-state index in [0.29, 0.717) is 12.2 Å². The Morgan fingerprint density at radius 2 is 2.33 bits per heavy atom. The third-order valence-electron chi connectivity index (χ3n) is 2.53. The second-order valence-electron chi connectivity index (χ2n) is 4.05. The Morgan fingerprint density at radius 3 is 2.94 bits per heavy atom. The summed E-state index contributed by atoms with van der Waals surface area (Å²) in [6, 6.07) is 2.04. The highest BCUT2D eigenvalue weighted by molar-refractivity contribution is 7.03. The SMILES string of the molecule is Cc1cc(C)n(CCCNC(=O)c2csnn2)n1. The summed E-state index contributed by atoms with van der Waals surface area (Å²) in [6.07, 6.45) is 0.839. The number of rotatable bonds is 5. The number of aryl methyl sites for hydroxylation is 3. The minimum atomic E-state index is -0.169. The summed E-state index contributed by atoms with van der Waals surface area (Å²) in [5.41, 5.74) is 2.54. The Kier molecular flexibility index (Phi) is 4.03. The van der Waals surface area contributed by atoms with Crippen LogP contribution in [0.1, 0.15) is 28.3 Å². The van der Waals surface area contributed by atoms with Crippen LogP contribution in [0.3, 0.4) is 0 Å². The van der Waals surface area contributed by atoms with Crippen molar-refractivity contribution in [1.29, 1.82) is 0 Å². The Hall–Kier alpha value is -1.76.